The van der Waals surface area contributed by atoms with Crippen LogP contribution < -0.4 is 5.90 Å². The summed E-state index contributed by atoms with van der Waals surface area (Å²) in [5.74, 6) is 3.44. The van der Waals surface area contributed by atoms with Gasteiger partial charge in [0.1, 0.15) is 0 Å². The fraction of sp³-hybridized carbons (Fsp3) is 0.833. The monoisotopic (exact) mass is 147 g/mol. The second-order valence-electron chi connectivity index (χ2n) is 2.16. The number of carbonyl (C=O) groups is 1. The number of aliphatic carboxylic acids is 1. The summed E-state index contributed by atoms with van der Waals surface area (Å²) in [6.07, 6.45) is 1.45. The summed E-state index contributed by atoms with van der Waals surface area (Å²) < 4.78 is 0. The highest BCUT2D eigenvalue weighted by atomic mass is 16.6. The van der Waals surface area contributed by atoms with Crippen LogP contribution in [0.4, 0.5) is 0 Å². The van der Waals surface area contributed by atoms with Crippen molar-refractivity contribution >= 4 is 5.97 Å². The predicted molar refractivity (Wildman–Crippen MR) is 36.2 cm³/mol. The molecule has 60 valence electrons. The summed E-state index contributed by atoms with van der Waals surface area (Å²) in [5, 5.41) is 8.50. The molecular weight excluding hydrogens is 134 g/mol. The Balaban J connectivity index is 3.61. The topological polar surface area (TPSA) is 72.5 Å². The molecule has 0 bridgehead atoms. The highest BCUT2D eigenvalue weighted by Crippen LogP contribution is 2.05. The number of carboxylic acids is 1. The van der Waals surface area contributed by atoms with Gasteiger partial charge in [0.15, 0.2) is 0 Å². The molecule has 1 unspecified atom stereocenters. The normalized spacial score (nSPS) is 13.0. The summed E-state index contributed by atoms with van der Waals surface area (Å²) in [7, 11) is 0. The third-order valence-corrected chi connectivity index (χ3v) is 1.28. The summed E-state index contributed by atoms with van der Waals surface area (Å²) in [6, 6.07) is 0. The van der Waals surface area contributed by atoms with E-state index in [1.807, 2.05) is 6.92 Å². The molecule has 0 aliphatic carbocycles. The fourth-order valence-corrected chi connectivity index (χ4v) is 0.743. The van der Waals surface area contributed by atoms with Crippen LogP contribution in [0.2, 0.25) is 0 Å². The first-order valence-corrected chi connectivity index (χ1v) is 3.26. The van der Waals surface area contributed by atoms with Gasteiger partial charge in [0, 0.05) is 0 Å². The minimum absolute atomic E-state index is 0.100. The lowest BCUT2D eigenvalue weighted by molar-refractivity contribution is -0.144. The average Bonchev–Trinajstić information content (AvgIpc) is 1.87. The molecule has 0 fully saturated rings. The average molecular weight is 147 g/mol. The lowest BCUT2D eigenvalue weighted by atomic mass is 10.1. The largest absolute Gasteiger partial charge is 0.481 e. The number of rotatable bonds is 5. The van der Waals surface area contributed by atoms with E-state index in [9.17, 15) is 4.79 Å². The second-order valence-corrected chi connectivity index (χ2v) is 2.16. The Hall–Kier alpha value is -0.610. The fourth-order valence-electron chi connectivity index (χ4n) is 0.743. The van der Waals surface area contributed by atoms with Crippen molar-refractivity contribution in [3.8, 4) is 0 Å². The van der Waals surface area contributed by atoms with E-state index in [0.717, 1.165) is 6.42 Å². The maximum Gasteiger partial charge on any atom is 0.308 e. The molecule has 1 atom stereocenters. The molecular formula is C6H13NO3. The number of nitrogens with two attached hydrogens (primary N) is 1. The zero-order valence-electron chi connectivity index (χ0n) is 6.04. The van der Waals surface area contributed by atoms with E-state index in [1.54, 1.807) is 0 Å². The van der Waals surface area contributed by atoms with E-state index in [4.69, 9.17) is 11.0 Å². The molecule has 0 aromatic rings. The summed E-state index contributed by atoms with van der Waals surface area (Å²) in [5.41, 5.74) is 0. The maximum atomic E-state index is 10.3. The van der Waals surface area contributed by atoms with Crippen LogP contribution in [0.1, 0.15) is 19.8 Å². The molecule has 0 amide bonds. The van der Waals surface area contributed by atoms with Crippen molar-refractivity contribution in [2.24, 2.45) is 11.8 Å². The van der Waals surface area contributed by atoms with E-state index in [-0.39, 0.29) is 6.61 Å². The minimum Gasteiger partial charge on any atom is -0.481 e. The summed E-state index contributed by atoms with van der Waals surface area (Å²) in [4.78, 5) is 14.6. The van der Waals surface area contributed by atoms with Crippen LogP contribution in [0, 0.1) is 5.92 Å². The molecule has 0 radical (unpaired) electrons. The SMILES string of the molecule is CCCC(CON)C(=O)O. The van der Waals surface area contributed by atoms with E-state index >= 15 is 0 Å². The van der Waals surface area contributed by atoms with Crippen LogP contribution in [0.15, 0.2) is 0 Å². The Labute approximate surface area is 59.9 Å². The highest BCUT2D eigenvalue weighted by Gasteiger charge is 2.15. The van der Waals surface area contributed by atoms with Crippen molar-refractivity contribution in [3.05, 3.63) is 0 Å². The Kier molecular flexibility index (Phi) is 4.88. The number of hydrogen-bond donors (Lipinski definition) is 2. The summed E-state index contributed by atoms with van der Waals surface area (Å²) >= 11 is 0. The van der Waals surface area contributed by atoms with Crippen LogP contribution in [0.5, 0.6) is 0 Å². The van der Waals surface area contributed by atoms with E-state index in [2.05, 4.69) is 4.84 Å². The van der Waals surface area contributed by atoms with Gasteiger partial charge < -0.3 is 9.94 Å². The lowest BCUT2D eigenvalue weighted by Gasteiger charge is -2.07. The molecule has 0 aliphatic heterocycles. The first-order valence-electron chi connectivity index (χ1n) is 3.26. The van der Waals surface area contributed by atoms with Crippen LogP contribution in [0.25, 0.3) is 0 Å². The van der Waals surface area contributed by atoms with Gasteiger partial charge in [-0.05, 0) is 6.42 Å². The van der Waals surface area contributed by atoms with Gasteiger partial charge >= 0.3 is 5.97 Å². The van der Waals surface area contributed by atoms with Gasteiger partial charge in [-0.2, -0.15) is 0 Å². The Morgan fingerprint density at radius 3 is 2.70 bits per heavy atom. The third kappa shape index (κ3) is 3.42. The van der Waals surface area contributed by atoms with Crippen LogP contribution in [0.3, 0.4) is 0 Å². The molecule has 4 heteroatoms. The highest BCUT2D eigenvalue weighted by molar-refractivity contribution is 5.70. The van der Waals surface area contributed by atoms with Crippen LogP contribution in [-0.2, 0) is 9.63 Å². The van der Waals surface area contributed by atoms with Gasteiger partial charge in [0.2, 0.25) is 0 Å². The standard InChI is InChI=1S/C6H13NO3/c1-2-3-5(4-10-7)6(8)9/h5H,2-4,7H2,1H3,(H,8,9). The van der Waals surface area contributed by atoms with Crippen molar-refractivity contribution in [2.75, 3.05) is 6.61 Å². The molecule has 0 aromatic heterocycles. The van der Waals surface area contributed by atoms with Crippen molar-refractivity contribution < 1.29 is 14.7 Å². The van der Waals surface area contributed by atoms with Crippen molar-refractivity contribution in [1.29, 1.82) is 0 Å². The molecule has 0 saturated carbocycles. The number of carboxylic acid groups (broad SMARTS) is 1. The van der Waals surface area contributed by atoms with Crippen molar-refractivity contribution in [2.45, 2.75) is 19.8 Å². The Morgan fingerprint density at radius 2 is 2.40 bits per heavy atom. The molecule has 0 aromatic carbocycles. The van der Waals surface area contributed by atoms with Gasteiger partial charge in [-0.3, -0.25) is 4.79 Å². The van der Waals surface area contributed by atoms with Crippen LogP contribution in [-0.4, -0.2) is 17.7 Å². The van der Waals surface area contributed by atoms with Gasteiger partial charge in [0.25, 0.3) is 0 Å². The molecule has 3 N–H and O–H groups in total. The molecule has 0 spiro atoms. The quantitative estimate of drug-likeness (QED) is 0.551. The smallest absolute Gasteiger partial charge is 0.308 e. The predicted octanol–water partition coefficient (Wildman–Crippen LogP) is 0.378. The minimum atomic E-state index is -0.840. The zero-order chi connectivity index (χ0) is 7.98. The van der Waals surface area contributed by atoms with Gasteiger partial charge in [-0.15, -0.1) is 0 Å². The maximum absolute atomic E-state index is 10.3. The van der Waals surface area contributed by atoms with Gasteiger partial charge in [0.05, 0.1) is 12.5 Å². The van der Waals surface area contributed by atoms with E-state index in [1.165, 1.54) is 0 Å². The lowest BCUT2D eigenvalue weighted by Crippen LogP contribution is -2.21. The zero-order valence-corrected chi connectivity index (χ0v) is 6.04. The van der Waals surface area contributed by atoms with Crippen molar-refractivity contribution in [3.63, 3.8) is 0 Å². The molecule has 4 nitrogen and oxygen atoms in total. The third-order valence-electron chi connectivity index (χ3n) is 1.28. The Bertz CT molecular complexity index is 99.2. The second kappa shape index (κ2) is 5.20. The summed E-state index contributed by atoms with van der Waals surface area (Å²) in [6.45, 7) is 2.02. The number of hydrogen-bond acceptors (Lipinski definition) is 3. The molecule has 10 heavy (non-hydrogen) atoms. The first-order chi connectivity index (χ1) is 4.72. The van der Waals surface area contributed by atoms with Gasteiger partial charge in [-0.1, -0.05) is 13.3 Å². The molecule has 0 aliphatic rings. The molecule has 0 saturated heterocycles. The van der Waals surface area contributed by atoms with Crippen LogP contribution >= 0.6 is 0 Å². The Morgan fingerprint density at radius 1 is 1.80 bits per heavy atom. The molecule has 0 rings (SSSR count). The van der Waals surface area contributed by atoms with Gasteiger partial charge in [-0.25, -0.2) is 5.90 Å². The molecule has 0 heterocycles. The van der Waals surface area contributed by atoms with E-state index in [0.29, 0.717) is 6.42 Å². The van der Waals surface area contributed by atoms with E-state index < -0.39 is 11.9 Å². The van der Waals surface area contributed by atoms with Crippen molar-refractivity contribution in [1.82, 2.24) is 0 Å². The first kappa shape index (κ1) is 9.39.